The minimum atomic E-state index is -4.40. The van der Waals surface area contributed by atoms with Gasteiger partial charge in [0.25, 0.3) is 0 Å². The summed E-state index contributed by atoms with van der Waals surface area (Å²) in [4.78, 5) is 27.9. The van der Waals surface area contributed by atoms with Crippen LogP contribution in [0.5, 0.6) is 0 Å². The van der Waals surface area contributed by atoms with Gasteiger partial charge < -0.3 is 10.2 Å². The predicted octanol–water partition coefficient (Wildman–Crippen LogP) is 1.39. The molecule has 0 radical (unpaired) electrons. The summed E-state index contributed by atoms with van der Waals surface area (Å²) in [6.07, 6.45) is -0.967. The molecule has 0 saturated carbocycles. The van der Waals surface area contributed by atoms with E-state index in [2.05, 4.69) is 0 Å². The van der Waals surface area contributed by atoms with E-state index in [-0.39, 0.29) is 11.8 Å². The Labute approximate surface area is 134 Å². The summed E-state index contributed by atoms with van der Waals surface area (Å²) in [5.41, 5.74) is 0. The van der Waals surface area contributed by atoms with E-state index in [1.54, 1.807) is 6.92 Å². The summed E-state index contributed by atoms with van der Waals surface area (Å²) in [6.45, 7) is 3.08. The van der Waals surface area contributed by atoms with E-state index in [0.717, 1.165) is 25.9 Å². The number of amides is 2. The Kier molecular flexibility index (Phi) is 5.89. The van der Waals surface area contributed by atoms with E-state index >= 15 is 0 Å². The number of nitrogens with zero attached hydrogens (tertiary/aromatic N) is 2. The number of hydrogen-bond acceptors (Lipinski definition) is 3. The standard InChI is InChI=1S/C15H24F3N3O2/c1-11(13(22)19-10-15(16,17)18)20-8-4-12(5-9-20)14(23)21-6-2-3-7-21/h11-12H,2-10H2,1H3,(H,19,22). The first kappa shape index (κ1) is 18.0. The summed E-state index contributed by atoms with van der Waals surface area (Å²) < 4.78 is 36.4. The lowest BCUT2D eigenvalue weighted by Crippen LogP contribution is -2.51. The molecule has 0 aromatic heterocycles. The molecular weight excluding hydrogens is 311 g/mol. The van der Waals surface area contributed by atoms with E-state index in [1.165, 1.54) is 0 Å². The molecule has 23 heavy (non-hydrogen) atoms. The van der Waals surface area contributed by atoms with Gasteiger partial charge in [-0.1, -0.05) is 0 Å². The topological polar surface area (TPSA) is 52.7 Å². The molecular formula is C15H24F3N3O2. The van der Waals surface area contributed by atoms with Crippen molar-refractivity contribution in [3.05, 3.63) is 0 Å². The third-order valence-corrected chi connectivity index (χ3v) is 4.69. The fourth-order valence-electron chi connectivity index (χ4n) is 3.23. The van der Waals surface area contributed by atoms with Crippen LogP contribution in [0.1, 0.15) is 32.6 Å². The molecule has 2 aliphatic heterocycles. The summed E-state index contributed by atoms with van der Waals surface area (Å²) >= 11 is 0. The largest absolute Gasteiger partial charge is 0.405 e. The van der Waals surface area contributed by atoms with E-state index in [9.17, 15) is 22.8 Å². The monoisotopic (exact) mass is 335 g/mol. The van der Waals surface area contributed by atoms with Crippen LogP contribution >= 0.6 is 0 Å². The Morgan fingerprint density at radius 3 is 2.22 bits per heavy atom. The quantitative estimate of drug-likeness (QED) is 0.845. The third kappa shape index (κ3) is 5.09. The lowest BCUT2D eigenvalue weighted by atomic mass is 9.94. The number of hydrogen-bond donors (Lipinski definition) is 1. The van der Waals surface area contributed by atoms with Crippen LogP contribution in [0.4, 0.5) is 13.2 Å². The van der Waals surface area contributed by atoms with Gasteiger partial charge in [0.15, 0.2) is 0 Å². The van der Waals surface area contributed by atoms with Crippen LogP contribution < -0.4 is 5.32 Å². The number of nitrogens with one attached hydrogen (secondary N) is 1. The second-order valence-electron chi connectivity index (χ2n) is 6.35. The molecule has 2 saturated heterocycles. The summed E-state index contributed by atoms with van der Waals surface area (Å²) in [5.74, 6) is -0.447. The smallest absolute Gasteiger partial charge is 0.346 e. The molecule has 2 amide bonds. The number of carbonyl (C=O) groups is 2. The van der Waals surface area contributed by atoms with Gasteiger partial charge in [0.05, 0.1) is 6.04 Å². The van der Waals surface area contributed by atoms with Crippen molar-refractivity contribution in [1.29, 1.82) is 0 Å². The first-order valence-corrected chi connectivity index (χ1v) is 8.15. The van der Waals surface area contributed by atoms with Crippen molar-refractivity contribution >= 4 is 11.8 Å². The van der Waals surface area contributed by atoms with Crippen molar-refractivity contribution in [2.24, 2.45) is 5.92 Å². The van der Waals surface area contributed by atoms with Crippen molar-refractivity contribution in [3.8, 4) is 0 Å². The van der Waals surface area contributed by atoms with E-state index in [1.807, 2.05) is 15.1 Å². The van der Waals surface area contributed by atoms with Gasteiger partial charge in [-0.2, -0.15) is 13.2 Å². The number of piperidine rings is 1. The SMILES string of the molecule is CC(C(=O)NCC(F)(F)F)N1CCC(C(=O)N2CCCC2)CC1. The first-order chi connectivity index (χ1) is 10.8. The molecule has 8 heteroatoms. The highest BCUT2D eigenvalue weighted by Gasteiger charge is 2.34. The van der Waals surface area contributed by atoms with Crippen molar-refractivity contribution in [2.75, 3.05) is 32.7 Å². The maximum absolute atomic E-state index is 12.3. The molecule has 1 unspecified atom stereocenters. The number of alkyl halides is 3. The molecule has 132 valence electrons. The van der Waals surface area contributed by atoms with Crippen molar-refractivity contribution in [3.63, 3.8) is 0 Å². The first-order valence-electron chi connectivity index (χ1n) is 8.15. The Morgan fingerprint density at radius 1 is 1.13 bits per heavy atom. The zero-order valence-electron chi connectivity index (χ0n) is 13.4. The highest BCUT2D eigenvalue weighted by molar-refractivity contribution is 5.81. The van der Waals surface area contributed by atoms with Gasteiger partial charge in [-0.15, -0.1) is 0 Å². The minimum Gasteiger partial charge on any atom is -0.346 e. The number of rotatable bonds is 4. The molecule has 2 heterocycles. The Morgan fingerprint density at radius 2 is 1.70 bits per heavy atom. The molecule has 1 N–H and O–H groups in total. The Bertz CT molecular complexity index is 428. The Balaban J connectivity index is 1.76. The fourth-order valence-corrected chi connectivity index (χ4v) is 3.23. The fraction of sp³-hybridized carbons (Fsp3) is 0.867. The van der Waals surface area contributed by atoms with Gasteiger partial charge in [0.1, 0.15) is 6.54 Å². The predicted molar refractivity (Wildman–Crippen MR) is 78.6 cm³/mol. The van der Waals surface area contributed by atoms with Crippen LogP contribution in [0.15, 0.2) is 0 Å². The van der Waals surface area contributed by atoms with Crippen LogP contribution in [0, 0.1) is 5.92 Å². The van der Waals surface area contributed by atoms with Gasteiger partial charge >= 0.3 is 6.18 Å². The highest BCUT2D eigenvalue weighted by Crippen LogP contribution is 2.23. The van der Waals surface area contributed by atoms with Crippen molar-refractivity contribution in [2.45, 2.75) is 44.8 Å². The normalized spacial score (nSPS) is 22.2. The van der Waals surface area contributed by atoms with Crippen LogP contribution in [-0.4, -0.2) is 66.6 Å². The summed E-state index contributed by atoms with van der Waals surface area (Å²) in [5, 5.41) is 1.92. The molecule has 1 atom stereocenters. The van der Waals surface area contributed by atoms with Gasteiger partial charge in [0.2, 0.25) is 11.8 Å². The van der Waals surface area contributed by atoms with Crippen LogP contribution in [0.25, 0.3) is 0 Å². The summed E-state index contributed by atoms with van der Waals surface area (Å²) in [7, 11) is 0. The zero-order valence-corrected chi connectivity index (χ0v) is 13.4. The zero-order chi connectivity index (χ0) is 17.0. The number of halogens is 3. The van der Waals surface area contributed by atoms with Crippen LogP contribution in [0.3, 0.4) is 0 Å². The van der Waals surface area contributed by atoms with Crippen LogP contribution in [0.2, 0.25) is 0 Å². The summed E-state index contributed by atoms with van der Waals surface area (Å²) in [6, 6.07) is -0.611. The molecule has 0 aromatic carbocycles. The minimum absolute atomic E-state index is 0.0187. The van der Waals surface area contributed by atoms with Crippen molar-refractivity contribution in [1.82, 2.24) is 15.1 Å². The second kappa shape index (κ2) is 7.51. The van der Waals surface area contributed by atoms with Crippen LogP contribution in [-0.2, 0) is 9.59 Å². The van der Waals surface area contributed by atoms with Gasteiger partial charge in [0, 0.05) is 19.0 Å². The Hall–Kier alpha value is -1.31. The van der Waals surface area contributed by atoms with E-state index in [0.29, 0.717) is 25.9 Å². The maximum atomic E-state index is 12.3. The maximum Gasteiger partial charge on any atom is 0.405 e. The average Bonchev–Trinajstić information content (AvgIpc) is 3.05. The molecule has 0 bridgehead atoms. The van der Waals surface area contributed by atoms with E-state index in [4.69, 9.17) is 0 Å². The molecule has 0 aliphatic carbocycles. The molecule has 0 spiro atoms. The molecule has 2 fully saturated rings. The lowest BCUT2D eigenvalue weighted by Gasteiger charge is -2.36. The number of carbonyl (C=O) groups excluding carboxylic acids is 2. The van der Waals surface area contributed by atoms with Gasteiger partial charge in [-0.05, 0) is 45.7 Å². The van der Waals surface area contributed by atoms with Gasteiger partial charge in [-0.3, -0.25) is 14.5 Å². The highest BCUT2D eigenvalue weighted by atomic mass is 19.4. The third-order valence-electron chi connectivity index (χ3n) is 4.69. The molecule has 5 nitrogen and oxygen atoms in total. The molecule has 2 rings (SSSR count). The average molecular weight is 335 g/mol. The molecule has 0 aromatic rings. The lowest BCUT2D eigenvalue weighted by molar-refractivity contribution is -0.142. The van der Waals surface area contributed by atoms with E-state index < -0.39 is 24.7 Å². The number of likely N-dealkylation sites (tertiary alicyclic amines) is 2. The van der Waals surface area contributed by atoms with Crippen molar-refractivity contribution < 1.29 is 22.8 Å². The van der Waals surface area contributed by atoms with Gasteiger partial charge in [-0.25, -0.2) is 0 Å². The molecule has 2 aliphatic rings. The second-order valence-corrected chi connectivity index (χ2v) is 6.35.